The first kappa shape index (κ1) is 22.0. The van der Waals surface area contributed by atoms with Crippen LogP contribution in [-0.2, 0) is 21.1 Å². The first-order chi connectivity index (χ1) is 14.3. The van der Waals surface area contributed by atoms with Gasteiger partial charge in [-0.2, -0.15) is 0 Å². The fourth-order valence-electron chi connectivity index (χ4n) is 2.99. The number of aryl methyl sites for hydroxylation is 1. The zero-order chi connectivity index (χ0) is 21.7. The topological polar surface area (TPSA) is 72.5 Å². The van der Waals surface area contributed by atoms with E-state index in [1.165, 1.54) is 30.4 Å². The summed E-state index contributed by atoms with van der Waals surface area (Å²) < 4.78 is 45.2. The Morgan fingerprint density at radius 3 is 2.50 bits per heavy atom. The number of sulfone groups is 1. The van der Waals surface area contributed by atoms with Crippen molar-refractivity contribution in [2.45, 2.75) is 23.5 Å². The van der Waals surface area contributed by atoms with Crippen LogP contribution in [0, 0.1) is 12.7 Å². The number of rotatable bonds is 8. The molecule has 0 aliphatic heterocycles. The lowest BCUT2D eigenvalue weighted by Crippen LogP contribution is -2.32. The summed E-state index contributed by atoms with van der Waals surface area (Å²) >= 11 is 1.30. The molecule has 3 rings (SSSR count). The standard InChI is InChI=1S/C22H22FNO4S2/c1-15-12-18(9-10-19(15)23)30(26,27)21(20-4-3-11-29-20)14-24-22(25)13-16-5-7-17(28-2)8-6-16/h3-12,21H,13-14H2,1-2H3,(H,24,25)/t21-/m0/s1. The summed E-state index contributed by atoms with van der Waals surface area (Å²) in [4.78, 5) is 13.1. The van der Waals surface area contributed by atoms with E-state index in [0.717, 1.165) is 11.6 Å². The van der Waals surface area contributed by atoms with Crippen molar-refractivity contribution in [2.24, 2.45) is 0 Å². The molecule has 0 aliphatic carbocycles. The van der Waals surface area contributed by atoms with Gasteiger partial charge in [0, 0.05) is 11.4 Å². The third kappa shape index (κ3) is 5.06. The van der Waals surface area contributed by atoms with E-state index in [-0.39, 0.29) is 29.3 Å². The molecule has 0 bridgehead atoms. The first-order valence-electron chi connectivity index (χ1n) is 9.24. The minimum Gasteiger partial charge on any atom is -0.497 e. The number of benzene rings is 2. The van der Waals surface area contributed by atoms with Gasteiger partial charge >= 0.3 is 0 Å². The number of amides is 1. The second kappa shape index (κ2) is 9.40. The molecule has 0 saturated carbocycles. The molecule has 1 amide bonds. The molecule has 3 aromatic rings. The molecule has 1 atom stereocenters. The molecule has 0 unspecified atom stereocenters. The monoisotopic (exact) mass is 447 g/mol. The normalized spacial score (nSPS) is 12.4. The Bertz CT molecular complexity index is 1110. The Morgan fingerprint density at radius 2 is 1.90 bits per heavy atom. The fourth-order valence-corrected chi connectivity index (χ4v) is 5.86. The maximum absolute atomic E-state index is 13.6. The Labute approximate surface area is 179 Å². The zero-order valence-electron chi connectivity index (χ0n) is 16.6. The average Bonchev–Trinajstić information content (AvgIpc) is 3.25. The van der Waals surface area contributed by atoms with Crippen LogP contribution < -0.4 is 10.1 Å². The number of thiophene rings is 1. The fraction of sp³-hybridized carbons (Fsp3) is 0.227. The summed E-state index contributed by atoms with van der Waals surface area (Å²) in [6, 6.07) is 14.3. The summed E-state index contributed by atoms with van der Waals surface area (Å²) in [6.07, 6.45) is 0.122. The van der Waals surface area contributed by atoms with E-state index in [9.17, 15) is 17.6 Å². The SMILES string of the molecule is COc1ccc(CC(=O)NC[C@@H](c2cccs2)S(=O)(=O)c2ccc(F)c(C)c2)cc1. The summed E-state index contributed by atoms with van der Waals surface area (Å²) in [5, 5.41) is 3.56. The maximum Gasteiger partial charge on any atom is 0.224 e. The maximum atomic E-state index is 13.6. The largest absolute Gasteiger partial charge is 0.497 e. The van der Waals surface area contributed by atoms with Gasteiger partial charge in [0.15, 0.2) is 9.84 Å². The van der Waals surface area contributed by atoms with Gasteiger partial charge in [0.25, 0.3) is 0 Å². The van der Waals surface area contributed by atoms with Crippen LogP contribution in [0.15, 0.2) is 64.9 Å². The van der Waals surface area contributed by atoms with E-state index in [1.807, 2.05) is 0 Å². The molecular weight excluding hydrogens is 425 g/mol. The third-order valence-electron chi connectivity index (χ3n) is 4.70. The highest BCUT2D eigenvalue weighted by Crippen LogP contribution is 2.32. The number of hydrogen-bond donors (Lipinski definition) is 1. The van der Waals surface area contributed by atoms with Crippen LogP contribution in [0.2, 0.25) is 0 Å². The molecule has 5 nitrogen and oxygen atoms in total. The van der Waals surface area contributed by atoms with Crippen LogP contribution in [0.25, 0.3) is 0 Å². The van der Waals surface area contributed by atoms with Crippen molar-refractivity contribution in [1.82, 2.24) is 5.32 Å². The van der Waals surface area contributed by atoms with Crippen molar-refractivity contribution >= 4 is 27.1 Å². The van der Waals surface area contributed by atoms with Crippen molar-refractivity contribution in [3.05, 3.63) is 81.8 Å². The Kier molecular flexibility index (Phi) is 6.89. The van der Waals surface area contributed by atoms with Gasteiger partial charge in [0.05, 0.1) is 18.4 Å². The molecule has 8 heteroatoms. The molecule has 0 spiro atoms. The van der Waals surface area contributed by atoms with Crippen LogP contribution in [0.1, 0.15) is 21.3 Å². The van der Waals surface area contributed by atoms with Crippen LogP contribution in [-0.4, -0.2) is 28.0 Å². The third-order valence-corrected chi connectivity index (χ3v) is 7.92. The smallest absolute Gasteiger partial charge is 0.224 e. The number of halogens is 1. The molecule has 1 heterocycles. The zero-order valence-corrected chi connectivity index (χ0v) is 18.2. The van der Waals surface area contributed by atoms with Gasteiger partial charge in [-0.25, -0.2) is 12.8 Å². The minimum absolute atomic E-state index is 0.0317. The number of carbonyl (C=O) groups is 1. The van der Waals surface area contributed by atoms with Crippen LogP contribution in [0.3, 0.4) is 0 Å². The molecule has 1 N–H and O–H groups in total. The van der Waals surface area contributed by atoms with Gasteiger partial charge in [-0.3, -0.25) is 4.79 Å². The summed E-state index contributed by atoms with van der Waals surface area (Å²) in [5.41, 5.74) is 1.04. The van der Waals surface area contributed by atoms with Crippen LogP contribution in [0.4, 0.5) is 4.39 Å². The van der Waals surface area contributed by atoms with E-state index < -0.39 is 20.9 Å². The lowest BCUT2D eigenvalue weighted by molar-refractivity contribution is -0.120. The molecule has 0 radical (unpaired) electrons. The van der Waals surface area contributed by atoms with E-state index in [0.29, 0.717) is 10.6 Å². The van der Waals surface area contributed by atoms with E-state index >= 15 is 0 Å². The summed E-state index contributed by atoms with van der Waals surface area (Å²) in [7, 11) is -2.26. The Hall–Kier alpha value is -2.71. The van der Waals surface area contributed by atoms with Crippen molar-refractivity contribution in [2.75, 3.05) is 13.7 Å². The van der Waals surface area contributed by atoms with Crippen LogP contribution in [0.5, 0.6) is 5.75 Å². The van der Waals surface area contributed by atoms with E-state index in [1.54, 1.807) is 48.9 Å². The second-order valence-corrected chi connectivity index (χ2v) is 9.90. The molecule has 30 heavy (non-hydrogen) atoms. The minimum atomic E-state index is -3.83. The Morgan fingerprint density at radius 1 is 1.17 bits per heavy atom. The van der Waals surface area contributed by atoms with Gasteiger partial charge in [-0.15, -0.1) is 11.3 Å². The average molecular weight is 448 g/mol. The highest BCUT2D eigenvalue weighted by Gasteiger charge is 2.30. The van der Waals surface area contributed by atoms with Crippen molar-refractivity contribution < 1.29 is 22.3 Å². The summed E-state index contributed by atoms with van der Waals surface area (Å²) in [6.45, 7) is 1.44. The number of carbonyl (C=O) groups excluding carboxylic acids is 1. The quantitative estimate of drug-likeness (QED) is 0.528. The highest BCUT2D eigenvalue weighted by atomic mass is 32.2. The Balaban J connectivity index is 1.77. The molecule has 0 aliphatic rings. The highest BCUT2D eigenvalue weighted by molar-refractivity contribution is 7.91. The molecule has 1 aromatic heterocycles. The number of methoxy groups -OCH3 is 1. The van der Waals surface area contributed by atoms with Gasteiger partial charge < -0.3 is 10.1 Å². The lowest BCUT2D eigenvalue weighted by Gasteiger charge is -2.18. The van der Waals surface area contributed by atoms with Crippen LogP contribution >= 0.6 is 11.3 Å². The predicted octanol–water partition coefficient (Wildman–Crippen LogP) is 4.08. The summed E-state index contributed by atoms with van der Waals surface area (Å²) in [5.74, 6) is -0.0563. The van der Waals surface area contributed by atoms with E-state index in [2.05, 4.69) is 5.32 Å². The number of ether oxygens (including phenoxy) is 1. The van der Waals surface area contributed by atoms with Gasteiger partial charge in [0.2, 0.25) is 5.91 Å². The molecule has 0 fully saturated rings. The molecule has 158 valence electrons. The molecular formula is C22H22FNO4S2. The number of hydrogen-bond acceptors (Lipinski definition) is 5. The second-order valence-electron chi connectivity index (χ2n) is 6.79. The first-order valence-corrected chi connectivity index (χ1v) is 11.7. The molecule has 0 saturated heterocycles. The van der Waals surface area contributed by atoms with Gasteiger partial charge in [-0.1, -0.05) is 18.2 Å². The predicted molar refractivity (Wildman–Crippen MR) is 115 cm³/mol. The van der Waals surface area contributed by atoms with Crippen molar-refractivity contribution in [3.63, 3.8) is 0 Å². The van der Waals surface area contributed by atoms with E-state index in [4.69, 9.17) is 4.74 Å². The van der Waals surface area contributed by atoms with Gasteiger partial charge in [0.1, 0.15) is 16.8 Å². The molecule has 2 aromatic carbocycles. The van der Waals surface area contributed by atoms with Crippen molar-refractivity contribution in [3.8, 4) is 5.75 Å². The van der Waals surface area contributed by atoms with Gasteiger partial charge in [-0.05, 0) is 59.8 Å². The lowest BCUT2D eigenvalue weighted by atomic mass is 10.1. The van der Waals surface area contributed by atoms with Crippen molar-refractivity contribution in [1.29, 1.82) is 0 Å². The number of nitrogens with one attached hydrogen (secondary N) is 1.